The highest BCUT2D eigenvalue weighted by Gasteiger charge is 2.41. The molecule has 8 heteroatoms. The van der Waals surface area contributed by atoms with E-state index in [1.807, 2.05) is 54.6 Å². The normalized spacial score (nSPS) is 17.4. The fraction of sp³-hybridized carbons (Fsp3) is 0.185. The molecule has 35 heavy (non-hydrogen) atoms. The van der Waals surface area contributed by atoms with Crippen molar-refractivity contribution < 1.29 is 4.42 Å². The van der Waals surface area contributed by atoms with Crippen molar-refractivity contribution >= 4 is 46.2 Å². The standard InChI is InChI=1S/C27H24Cl2N4OS/c28-18-10-11-20(21(29)17-18)23-12-13-24(34-23)26-25(22-9-4-5-14-31-22)32-27(35)33(26)16-6-15-30-19-7-2-1-3-8-19/h1-5,7-14,17,25-26,30H,6,15-16H2,(H,32,35). The van der Waals surface area contributed by atoms with Crippen molar-refractivity contribution in [2.24, 2.45) is 0 Å². The van der Waals surface area contributed by atoms with Gasteiger partial charge in [-0.1, -0.05) is 47.5 Å². The minimum Gasteiger partial charge on any atom is -0.459 e. The number of hydrogen-bond donors (Lipinski definition) is 2. The summed E-state index contributed by atoms with van der Waals surface area (Å²) in [6, 6.07) is 25.1. The number of nitrogens with one attached hydrogen (secondary N) is 2. The molecule has 2 unspecified atom stereocenters. The molecular weight excluding hydrogens is 499 g/mol. The van der Waals surface area contributed by atoms with Crippen molar-refractivity contribution in [2.45, 2.75) is 18.5 Å². The Morgan fingerprint density at radius 2 is 1.83 bits per heavy atom. The Morgan fingerprint density at radius 3 is 2.60 bits per heavy atom. The first-order valence-corrected chi connectivity index (χ1v) is 12.6. The van der Waals surface area contributed by atoms with Gasteiger partial charge in [0.1, 0.15) is 17.6 Å². The highest BCUT2D eigenvalue weighted by atomic mass is 35.5. The summed E-state index contributed by atoms with van der Waals surface area (Å²) in [6.45, 7) is 1.59. The van der Waals surface area contributed by atoms with E-state index in [4.69, 9.17) is 39.8 Å². The third kappa shape index (κ3) is 5.30. The van der Waals surface area contributed by atoms with Crippen molar-refractivity contribution in [2.75, 3.05) is 18.4 Å². The molecule has 1 aliphatic heterocycles. The van der Waals surface area contributed by atoms with E-state index in [0.717, 1.165) is 42.2 Å². The largest absolute Gasteiger partial charge is 0.459 e. The third-order valence-electron chi connectivity index (χ3n) is 5.99. The lowest BCUT2D eigenvalue weighted by molar-refractivity contribution is 0.274. The van der Waals surface area contributed by atoms with E-state index in [1.54, 1.807) is 18.3 Å². The molecule has 1 aliphatic rings. The van der Waals surface area contributed by atoms with Crippen LogP contribution in [0.1, 0.15) is 30.0 Å². The maximum Gasteiger partial charge on any atom is 0.170 e. The number of halogens is 2. The highest BCUT2D eigenvalue weighted by molar-refractivity contribution is 7.80. The molecule has 178 valence electrons. The number of rotatable bonds is 8. The minimum absolute atomic E-state index is 0.134. The van der Waals surface area contributed by atoms with Crippen molar-refractivity contribution in [3.05, 3.63) is 107 Å². The number of hydrogen-bond acceptors (Lipinski definition) is 4. The molecule has 2 aromatic heterocycles. The molecule has 4 aromatic rings. The van der Waals surface area contributed by atoms with Crippen LogP contribution in [0.15, 0.2) is 89.5 Å². The van der Waals surface area contributed by atoms with Crippen LogP contribution in [0, 0.1) is 0 Å². The molecule has 0 spiro atoms. The van der Waals surface area contributed by atoms with Gasteiger partial charge in [-0.25, -0.2) is 0 Å². The molecule has 2 aromatic carbocycles. The Balaban J connectivity index is 1.39. The minimum atomic E-state index is -0.144. The quantitative estimate of drug-likeness (QED) is 0.189. The summed E-state index contributed by atoms with van der Waals surface area (Å²) in [5, 5.41) is 8.75. The molecule has 2 N–H and O–H groups in total. The molecule has 2 atom stereocenters. The first-order valence-electron chi connectivity index (χ1n) is 11.4. The Hall–Kier alpha value is -3.06. The van der Waals surface area contributed by atoms with Crippen molar-refractivity contribution in [3.8, 4) is 11.3 Å². The summed E-state index contributed by atoms with van der Waals surface area (Å²) < 4.78 is 6.37. The van der Waals surface area contributed by atoms with Crippen molar-refractivity contribution in [1.29, 1.82) is 0 Å². The van der Waals surface area contributed by atoms with E-state index >= 15 is 0 Å². The predicted molar refractivity (Wildman–Crippen MR) is 146 cm³/mol. The number of furan rings is 1. The summed E-state index contributed by atoms with van der Waals surface area (Å²) in [5.41, 5.74) is 2.81. The van der Waals surface area contributed by atoms with Gasteiger partial charge in [0.05, 0.1) is 16.8 Å². The van der Waals surface area contributed by atoms with E-state index in [0.29, 0.717) is 20.9 Å². The second-order valence-corrected chi connectivity index (χ2v) is 9.52. The zero-order valence-electron chi connectivity index (χ0n) is 18.8. The molecular formula is C27H24Cl2N4OS. The first-order chi connectivity index (χ1) is 17.1. The van der Waals surface area contributed by atoms with Crippen molar-refractivity contribution in [1.82, 2.24) is 15.2 Å². The molecule has 0 aliphatic carbocycles. The van der Waals surface area contributed by atoms with Crippen LogP contribution in [-0.2, 0) is 0 Å². The summed E-state index contributed by atoms with van der Waals surface area (Å²) in [5.74, 6) is 1.48. The summed E-state index contributed by atoms with van der Waals surface area (Å²) in [4.78, 5) is 6.78. The molecule has 0 saturated carbocycles. The first kappa shape index (κ1) is 23.7. The predicted octanol–water partition coefficient (Wildman–Crippen LogP) is 7.12. The monoisotopic (exact) mass is 522 g/mol. The highest BCUT2D eigenvalue weighted by Crippen LogP contribution is 2.41. The average molecular weight is 523 g/mol. The fourth-order valence-electron chi connectivity index (χ4n) is 4.34. The average Bonchev–Trinajstić information content (AvgIpc) is 3.47. The van der Waals surface area contributed by atoms with Gasteiger partial charge in [-0.15, -0.1) is 0 Å². The summed E-state index contributed by atoms with van der Waals surface area (Å²) in [7, 11) is 0. The lowest BCUT2D eigenvalue weighted by Crippen LogP contribution is -2.31. The number of aromatic nitrogens is 1. The van der Waals surface area contributed by atoms with Gasteiger partial charge in [0.15, 0.2) is 5.11 Å². The topological polar surface area (TPSA) is 53.3 Å². The Labute approximate surface area is 220 Å². The van der Waals surface area contributed by atoms with Crippen LogP contribution < -0.4 is 10.6 Å². The van der Waals surface area contributed by atoms with Crippen LogP contribution in [0.25, 0.3) is 11.3 Å². The summed E-state index contributed by atoms with van der Waals surface area (Å²) in [6.07, 6.45) is 2.70. The molecule has 0 radical (unpaired) electrons. The Morgan fingerprint density at radius 1 is 1.00 bits per heavy atom. The van der Waals surface area contributed by atoms with Gasteiger partial charge in [-0.05, 0) is 73.2 Å². The van der Waals surface area contributed by atoms with Crippen molar-refractivity contribution in [3.63, 3.8) is 0 Å². The van der Waals surface area contributed by atoms with Crippen LogP contribution >= 0.6 is 35.4 Å². The van der Waals surface area contributed by atoms with Crippen LogP contribution in [-0.4, -0.2) is 28.1 Å². The van der Waals surface area contributed by atoms with Gasteiger partial charge in [-0.3, -0.25) is 4.98 Å². The van der Waals surface area contributed by atoms with E-state index in [9.17, 15) is 0 Å². The number of para-hydroxylation sites is 1. The zero-order chi connectivity index (χ0) is 24.2. The number of benzene rings is 2. The molecule has 0 amide bonds. The van der Waals surface area contributed by atoms with Crippen LogP contribution in [0.2, 0.25) is 10.0 Å². The van der Waals surface area contributed by atoms with Crippen LogP contribution in [0.3, 0.4) is 0 Å². The lowest BCUT2D eigenvalue weighted by atomic mass is 10.0. The lowest BCUT2D eigenvalue weighted by Gasteiger charge is -2.26. The molecule has 1 fully saturated rings. The SMILES string of the molecule is S=C1NC(c2ccccn2)C(c2ccc(-c3ccc(Cl)cc3Cl)o2)N1CCCNc1ccccc1. The fourth-order valence-corrected chi connectivity index (χ4v) is 5.17. The van der Waals surface area contributed by atoms with Gasteiger partial charge in [0.2, 0.25) is 0 Å². The molecule has 0 bridgehead atoms. The molecule has 5 nitrogen and oxygen atoms in total. The molecule has 3 heterocycles. The van der Waals surface area contributed by atoms with Crippen LogP contribution in [0.5, 0.6) is 0 Å². The second kappa shape index (κ2) is 10.7. The summed E-state index contributed by atoms with van der Waals surface area (Å²) >= 11 is 18.3. The van der Waals surface area contributed by atoms with Gasteiger partial charge in [0, 0.05) is 35.6 Å². The second-order valence-electron chi connectivity index (χ2n) is 8.29. The number of pyridine rings is 1. The molecule has 1 saturated heterocycles. The number of anilines is 1. The smallest absolute Gasteiger partial charge is 0.170 e. The number of thiocarbonyl (C=S) groups is 1. The third-order valence-corrected chi connectivity index (χ3v) is 6.89. The van der Waals surface area contributed by atoms with E-state index in [1.165, 1.54) is 0 Å². The van der Waals surface area contributed by atoms with E-state index < -0.39 is 0 Å². The Kier molecular flexibility index (Phi) is 7.23. The Bertz CT molecular complexity index is 1300. The maximum atomic E-state index is 6.44. The van der Waals surface area contributed by atoms with Crippen LogP contribution in [0.4, 0.5) is 5.69 Å². The molecule has 5 rings (SSSR count). The number of nitrogens with zero attached hydrogens (tertiary/aromatic N) is 2. The van der Waals surface area contributed by atoms with Gasteiger partial charge >= 0.3 is 0 Å². The zero-order valence-corrected chi connectivity index (χ0v) is 21.2. The van der Waals surface area contributed by atoms with Gasteiger partial charge < -0.3 is 20.0 Å². The van der Waals surface area contributed by atoms with E-state index in [-0.39, 0.29) is 12.1 Å². The maximum absolute atomic E-state index is 6.44. The van der Waals surface area contributed by atoms with Gasteiger partial charge in [0.25, 0.3) is 0 Å². The van der Waals surface area contributed by atoms with Gasteiger partial charge in [-0.2, -0.15) is 0 Å². The van der Waals surface area contributed by atoms with E-state index in [2.05, 4.69) is 32.7 Å².